The standard InChI is InChI=1S/C21H22Cl2O5/c1-20(2,19(26)27-10-9-13-3-8-17(24)18(25)11-13)28-15-6-4-14(5-7-15)16-12-21(16,22)23/h3-8,11,16,24-25H,9-10,12H2,1-2H3. The molecular weight excluding hydrogens is 403 g/mol. The first-order valence-electron chi connectivity index (χ1n) is 8.93. The number of esters is 1. The molecule has 1 saturated carbocycles. The van der Waals surface area contributed by atoms with Gasteiger partial charge < -0.3 is 19.7 Å². The number of phenols is 2. The van der Waals surface area contributed by atoms with Gasteiger partial charge in [0.25, 0.3) is 0 Å². The number of alkyl halides is 2. The molecule has 2 aromatic rings. The maximum Gasteiger partial charge on any atom is 0.349 e. The lowest BCUT2D eigenvalue weighted by atomic mass is 10.1. The molecule has 5 nitrogen and oxygen atoms in total. The van der Waals surface area contributed by atoms with E-state index in [9.17, 15) is 15.0 Å². The molecule has 2 aromatic carbocycles. The molecule has 28 heavy (non-hydrogen) atoms. The monoisotopic (exact) mass is 424 g/mol. The van der Waals surface area contributed by atoms with E-state index in [0.717, 1.165) is 17.5 Å². The van der Waals surface area contributed by atoms with Crippen LogP contribution >= 0.6 is 23.2 Å². The maximum absolute atomic E-state index is 12.4. The van der Waals surface area contributed by atoms with Crippen LogP contribution in [0.15, 0.2) is 42.5 Å². The number of rotatable bonds is 7. The molecule has 0 radical (unpaired) electrons. The largest absolute Gasteiger partial charge is 0.504 e. The van der Waals surface area contributed by atoms with E-state index in [2.05, 4.69) is 0 Å². The minimum atomic E-state index is -1.17. The Balaban J connectivity index is 1.51. The Morgan fingerprint density at radius 1 is 1.14 bits per heavy atom. The van der Waals surface area contributed by atoms with Gasteiger partial charge in [-0.3, -0.25) is 0 Å². The Morgan fingerprint density at radius 3 is 2.36 bits per heavy atom. The number of ether oxygens (including phenoxy) is 2. The number of hydrogen-bond donors (Lipinski definition) is 2. The molecule has 1 aliphatic rings. The summed E-state index contributed by atoms with van der Waals surface area (Å²) in [6.45, 7) is 3.40. The van der Waals surface area contributed by atoms with Gasteiger partial charge in [0.15, 0.2) is 17.1 Å². The normalized spacial score (nSPS) is 17.8. The summed E-state index contributed by atoms with van der Waals surface area (Å²) in [6, 6.07) is 11.8. The molecule has 2 N–H and O–H groups in total. The number of hydrogen-bond acceptors (Lipinski definition) is 5. The third kappa shape index (κ3) is 4.83. The maximum atomic E-state index is 12.4. The predicted octanol–water partition coefficient (Wildman–Crippen LogP) is 4.70. The molecule has 150 valence electrons. The Labute approximate surface area is 173 Å². The minimum absolute atomic E-state index is 0.127. The van der Waals surface area contributed by atoms with E-state index < -0.39 is 15.9 Å². The van der Waals surface area contributed by atoms with Gasteiger partial charge in [-0.15, -0.1) is 23.2 Å². The van der Waals surface area contributed by atoms with Crippen LogP contribution in [0.1, 0.15) is 37.3 Å². The van der Waals surface area contributed by atoms with Crippen molar-refractivity contribution in [2.24, 2.45) is 0 Å². The highest BCUT2D eigenvalue weighted by Crippen LogP contribution is 2.59. The first kappa shape index (κ1) is 20.6. The molecule has 1 aliphatic carbocycles. The molecule has 0 amide bonds. The number of aromatic hydroxyl groups is 2. The van der Waals surface area contributed by atoms with Crippen LogP contribution in [0.25, 0.3) is 0 Å². The summed E-state index contributed by atoms with van der Waals surface area (Å²) in [6.07, 6.45) is 1.14. The highest BCUT2D eigenvalue weighted by Gasteiger charge is 2.52. The van der Waals surface area contributed by atoms with Crippen LogP contribution in [0.2, 0.25) is 0 Å². The van der Waals surface area contributed by atoms with Crippen molar-refractivity contribution in [2.75, 3.05) is 6.61 Å². The average molecular weight is 425 g/mol. The third-order valence-electron chi connectivity index (χ3n) is 4.64. The summed E-state index contributed by atoms with van der Waals surface area (Å²) < 4.78 is 10.4. The Morgan fingerprint density at radius 2 is 1.79 bits per heavy atom. The highest BCUT2D eigenvalue weighted by molar-refractivity contribution is 6.51. The second kappa shape index (κ2) is 7.72. The van der Waals surface area contributed by atoms with E-state index in [-0.39, 0.29) is 24.0 Å². The summed E-state index contributed by atoms with van der Waals surface area (Å²) in [5, 5.41) is 18.8. The fourth-order valence-corrected chi connectivity index (χ4v) is 3.40. The molecule has 0 spiro atoms. The first-order valence-corrected chi connectivity index (χ1v) is 9.69. The quantitative estimate of drug-likeness (QED) is 0.382. The Bertz CT molecular complexity index is 862. The van der Waals surface area contributed by atoms with Crippen molar-refractivity contribution >= 4 is 29.2 Å². The molecule has 1 unspecified atom stereocenters. The van der Waals surface area contributed by atoms with E-state index in [4.69, 9.17) is 32.7 Å². The van der Waals surface area contributed by atoms with E-state index in [1.165, 1.54) is 12.1 Å². The Hall–Kier alpha value is -2.11. The predicted molar refractivity (Wildman–Crippen MR) is 107 cm³/mol. The number of phenolic OH excluding ortho intramolecular Hbond substituents is 2. The molecule has 0 heterocycles. The van der Waals surface area contributed by atoms with Gasteiger partial charge in [-0.2, -0.15) is 0 Å². The van der Waals surface area contributed by atoms with Gasteiger partial charge in [-0.25, -0.2) is 4.79 Å². The third-order valence-corrected chi connectivity index (χ3v) is 5.47. The highest BCUT2D eigenvalue weighted by atomic mass is 35.5. The smallest absolute Gasteiger partial charge is 0.349 e. The second-order valence-electron chi connectivity index (χ2n) is 7.41. The number of benzene rings is 2. The number of carbonyl (C=O) groups excluding carboxylic acids is 1. The summed E-state index contributed by atoms with van der Waals surface area (Å²) in [4.78, 5) is 12.4. The minimum Gasteiger partial charge on any atom is -0.504 e. The van der Waals surface area contributed by atoms with E-state index in [0.29, 0.717) is 12.2 Å². The van der Waals surface area contributed by atoms with Crippen LogP contribution < -0.4 is 4.74 Å². The number of halogens is 2. The van der Waals surface area contributed by atoms with Crippen molar-refractivity contribution < 1.29 is 24.5 Å². The van der Waals surface area contributed by atoms with Crippen molar-refractivity contribution in [3.8, 4) is 17.2 Å². The van der Waals surface area contributed by atoms with Crippen LogP contribution in [-0.4, -0.2) is 32.7 Å². The van der Waals surface area contributed by atoms with Crippen LogP contribution in [0, 0.1) is 0 Å². The van der Waals surface area contributed by atoms with Gasteiger partial charge in [0, 0.05) is 12.3 Å². The van der Waals surface area contributed by atoms with E-state index in [1.54, 1.807) is 32.0 Å². The second-order valence-corrected chi connectivity index (χ2v) is 8.95. The average Bonchev–Trinajstić information content (AvgIpc) is 3.26. The molecular formula is C21H22Cl2O5. The van der Waals surface area contributed by atoms with E-state index in [1.807, 2.05) is 12.1 Å². The summed E-state index contributed by atoms with van der Waals surface area (Å²) in [5.74, 6) is -0.220. The molecule has 7 heteroatoms. The van der Waals surface area contributed by atoms with Gasteiger partial charge in [0.05, 0.1) is 6.61 Å². The molecule has 1 fully saturated rings. The summed E-state index contributed by atoms with van der Waals surface area (Å²) >= 11 is 12.2. The topological polar surface area (TPSA) is 76.0 Å². The fourth-order valence-electron chi connectivity index (χ4n) is 2.84. The van der Waals surface area contributed by atoms with Gasteiger partial charge in [-0.1, -0.05) is 18.2 Å². The van der Waals surface area contributed by atoms with Gasteiger partial charge in [0.2, 0.25) is 0 Å². The zero-order valence-corrected chi connectivity index (χ0v) is 17.1. The van der Waals surface area contributed by atoms with Crippen molar-refractivity contribution in [3.05, 3.63) is 53.6 Å². The zero-order valence-electron chi connectivity index (χ0n) is 15.6. The summed E-state index contributed by atoms with van der Waals surface area (Å²) in [7, 11) is 0. The Kier molecular flexibility index (Phi) is 5.69. The van der Waals surface area contributed by atoms with Crippen molar-refractivity contribution in [1.82, 2.24) is 0 Å². The molecule has 3 rings (SSSR count). The molecule has 1 atom stereocenters. The molecule has 0 aromatic heterocycles. The first-order chi connectivity index (χ1) is 13.1. The van der Waals surface area contributed by atoms with Crippen LogP contribution in [0.5, 0.6) is 17.2 Å². The lowest BCUT2D eigenvalue weighted by Gasteiger charge is -2.24. The lowest BCUT2D eigenvalue weighted by molar-refractivity contribution is -0.159. The van der Waals surface area contributed by atoms with E-state index >= 15 is 0 Å². The zero-order chi connectivity index (χ0) is 20.5. The fraction of sp³-hybridized carbons (Fsp3) is 0.381. The van der Waals surface area contributed by atoms with Gasteiger partial charge >= 0.3 is 5.97 Å². The molecule has 0 saturated heterocycles. The SMILES string of the molecule is CC(C)(Oc1ccc(C2CC2(Cl)Cl)cc1)C(=O)OCCc1ccc(O)c(O)c1. The molecule has 0 bridgehead atoms. The van der Waals surface area contributed by atoms with Crippen molar-refractivity contribution in [2.45, 2.75) is 42.5 Å². The lowest BCUT2D eigenvalue weighted by Crippen LogP contribution is -2.40. The van der Waals surface area contributed by atoms with Crippen LogP contribution in [0.3, 0.4) is 0 Å². The van der Waals surface area contributed by atoms with Gasteiger partial charge in [-0.05, 0) is 55.7 Å². The molecule has 0 aliphatic heterocycles. The van der Waals surface area contributed by atoms with Gasteiger partial charge in [0.1, 0.15) is 10.1 Å². The van der Waals surface area contributed by atoms with Crippen molar-refractivity contribution in [1.29, 1.82) is 0 Å². The van der Waals surface area contributed by atoms with Crippen LogP contribution in [0.4, 0.5) is 0 Å². The van der Waals surface area contributed by atoms with Crippen molar-refractivity contribution in [3.63, 3.8) is 0 Å². The number of carbonyl (C=O) groups is 1. The summed E-state index contributed by atoms with van der Waals surface area (Å²) in [5.41, 5.74) is 0.614. The van der Waals surface area contributed by atoms with Crippen LogP contribution in [-0.2, 0) is 16.0 Å².